The highest BCUT2D eigenvalue weighted by Gasteiger charge is 2.17. The molecule has 3 heterocycles. The Morgan fingerprint density at radius 2 is 1.83 bits per heavy atom. The molecule has 36 heavy (non-hydrogen) atoms. The van der Waals surface area contributed by atoms with Gasteiger partial charge in [0.05, 0.1) is 22.7 Å². The number of fused-ring (bicyclic) bond motifs is 2. The second-order valence-corrected chi connectivity index (χ2v) is 9.29. The topological polar surface area (TPSA) is 73.5 Å². The predicted octanol–water partition coefficient (Wildman–Crippen LogP) is 7.51. The van der Waals surface area contributed by atoms with Gasteiger partial charge in [-0.1, -0.05) is 39.7 Å². The van der Waals surface area contributed by atoms with Crippen LogP contribution in [0.15, 0.2) is 102 Å². The molecule has 0 amide bonds. The first kappa shape index (κ1) is 22.5. The Kier molecular flexibility index (Phi) is 5.55. The molecule has 0 saturated carbocycles. The summed E-state index contributed by atoms with van der Waals surface area (Å²) in [4.78, 5) is 18.0. The summed E-state index contributed by atoms with van der Waals surface area (Å²) in [6, 6.07) is 22.0. The van der Waals surface area contributed by atoms with Crippen molar-refractivity contribution in [2.24, 2.45) is 5.10 Å². The predicted molar refractivity (Wildman–Crippen MR) is 141 cm³/mol. The Morgan fingerprint density at radius 3 is 2.69 bits per heavy atom. The highest BCUT2D eigenvalue weighted by atomic mass is 79.9. The third kappa shape index (κ3) is 4.04. The summed E-state index contributed by atoms with van der Waals surface area (Å²) in [5, 5.41) is 6.10. The number of nitrogens with zero attached hydrogens (tertiary/aromatic N) is 3. The zero-order valence-corrected chi connectivity index (χ0v) is 20.6. The average Bonchev–Trinajstić information content (AvgIpc) is 3.50. The van der Waals surface area contributed by atoms with E-state index in [0.717, 1.165) is 10.1 Å². The fourth-order valence-electron chi connectivity index (χ4n) is 3.89. The summed E-state index contributed by atoms with van der Waals surface area (Å²) in [6.45, 7) is 0. The van der Waals surface area contributed by atoms with Gasteiger partial charge in [0.15, 0.2) is 5.76 Å². The van der Waals surface area contributed by atoms with Crippen molar-refractivity contribution < 1.29 is 13.2 Å². The molecule has 9 heteroatoms. The van der Waals surface area contributed by atoms with Crippen LogP contribution in [0.1, 0.15) is 5.76 Å². The van der Waals surface area contributed by atoms with E-state index in [4.69, 9.17) is 20.4 Å². The average molecular weight is 563 g/mol. The Hall–Kier alpha value is -4.01. The molecule has 3 aromatic carbocycles. The molecule has 0 aliphatic carbocycles. The lowest BCUT2D eigenvalue weighted by molar-refractivity contribution is 0.562. The van der Waals surface area contributed by atoms with Gasteiger partial charge >= 0.3 is 0 Å². The normalized spacial score (nSPS) is 11.8. The maximum absolute atomic E-state index is 14.4. The van der Waals surface area contributed by atoms with Crippen molar-refractivity contribution in [2.45, 2.75) is 0 Å². The lowest BCUT2D eigenvalue weighted by Crippen LogP contribution is -2.20. The molecule has 3 aromatic heterocycles. The third-order valence-corrected chi connectivity index (χ3v) is 6.30. The first-order valence-corrected chi connectivity index (χ1v) is 11.9. The van der Waals surface area contributed by atoms with Gasteiger partial charge in [0.25, 0.3) is 5.56 Å². The van der Waals surface area contributed by atoms with Gasteiger partial charge in [-0.05, 0) is 66.7 Å². The van der Waals surface area contributed by atoms with Crippen molar-refractivity contribution in [3.8, 4) is 22.9 Å². The van der Waals surface area contributed by atoms with E-state index in [2.05, 4.69) is 26.0 Å². The first-order valence-electron chi connectivity index (χ1n) is 10.8. The SMILES string of the molecule is O=c1c2ccccc2nc(-c2cc3cc(Cl)ccc3o2)n1N=Cc1ccc(-c2ccc(Br)cc2F)o1. The summed E-state index contributed by atoms with van der Waals surface area (Å²) in [6.07, 6.45) is 1.38. The van der Waals surface area contributed by atoms with E-state index in [-0.39, 0.29) is 11.4 Å². The molecule has 0 saturated heterocycles. The molecule has 0 aliphatic rings. The highest BCUT2D eigenvalue weighted by Crippen LogP contribution is 2.30. The minimum atomic E-state index is -0.426. The second-order valence-electron chi connectivity index (χ2n) is 7.93. The summed E-state index contributed by atoms with van der Waals surface area (Å²) in [5.41, 5.74) is 1.04. The molecular formula is C27H14BrClFN3O3. The van der Waals surface area contributed by atoms with Crippen LogP contribution in [0.3, 0.4) is 0 Å². The van der Waals surface area contributed by atoms with Gasteiger partial charge in [0.2, 0.25) is 5.82 Å². The second kappa shape index (κ2) is 8.89. The van der Waals surface area contributed by atoms with Gasteiger partial charge in [-0.2, -0.15) is 9.78 Å². The number of benzene rings is 3. The van der Waals surface area contributed by atoms with E-state index < -0.39 is 5.82 Å². The molecule has 0 fully saturated rings. The van der Waals surface area contributed by atoms with Gasteiger partial charge in [0.1, 0.15) is 22.9 Å². The van der Waals surface area contributed by atoms with Crippen molar-refractivity contribution in [1.29, 1.82) is 0 Å². The lowest BCUT2D eigenvalue weighted by atomic mass is 10.1. The van der Waals surface area contributed by atoms with E-state index in [1.165, 1.54) is 12.3 Å². The van der Waals surface area contributed by atoms with Crippen molar-refractivity contribution in [2.75, 3.05) is 0 Å². The van der Waals surface area contributed by atoms with Gasteiger partial charge < -0.3 is 8.83 Å². The zero-order chi connectivity index (χ0) is 24.8. The maximum Gasteiger partial charge on any atom is 0.282 e. The minimum absolute atomic E-state index is 0.216. The fourth-order valence-corrected chi connectivity index (χ4v) is 4.40. The molecule has 0 spiro atoms. The monoisotopic (exact) mass is 561 g/mol. The summed E-state index contributed by atoms with van der Waals surface area (Å²) in [7, 11) is 0. The number of halogens is 3. The number of hydrogen-bond donors (Lipinski definition) is 0. The number of rotatable bonds is 4. The fraction of sp³-hybridized carbons (Fsp3) is 0. The van der Waals surface area contributed by atoms with Crippen LogP contribution in [-0.2, 0) is 0 Å². The molecule has 6 aromatic rings. The van der Waals surface area contributed by atoms with Crippen LogP contribution in [0, 0.1) is 5.82 Å². The summed E-state index contributed by atoms with van der Waals surface area (Å²) in [5.74, 6) is 0.802. The van der Waals surface area contributed by atoms with Crippen molar-refractivity contribution in [3.05, 3.63) is 110 Å². The molecule has 0 aliphatic heterocycles. The van der Waals surface area contributed by atoms with Crippen LogP contribution in [0.4, 0.5) is 4.39 Å². The standard InChI is InChI=1S/C27H14BrClFN3O3/c28-16-5-8-19(21(30)13-16)24-10-7-18(35-24)14-31-33-26(32-22-4-2-1-3-20(22)27(33)34)25-12-15-11-17(29)6-9-23(15)36-25/h1-14H. The molecule has 6 rings (SSSR count). The molecule has 0 radical (unpaired) electrons. The van der Waals surface area contributed by atoms with E-state index in [1.54, 1.807) is 72.8 Å². The first-order chi connectivity index (χ1) is 17.5. The largest absolute Gasteiger partial charge is 0.455 e. The Morgan fingerprint density at radius 1 is 0.972 bits per heavy atom. The number of hydrogen-bond acceptors (Lipinski definition) is 5. The molecule has 176 valence electrons. The van der Waals surface area contributed by atoms with Crippen LogP contribution in [0.25, 0.3) is 44.8 Å². The van der Waals surface area contributed by atoms with Crippen LogP contribution < -0.4 is 5.56 Å². The highest BCUT2D eigenvalue weighted by molar-refractivity contribution is 9.10. The smallest absolute Gasteiger partial charge is 0.282 e. The molecule has 0 bridgehead atoms. The molecule has 0 atom stereocenters. The summed E-state index contributed by atoms with van der Waals surface area (Å²) < 4.78 is 27.9. The van der Waals surface area contributed by atoms with Crippen molar-refractivity contribution in [1.82, 2.24) is 9.66 Å². The number of furan rings is 2. The zero-order valence-electron chi connectivity index (χ0n) is 18.3. The van der Waals surface area contributed by atoms with Crippen LogP contribution in [-0.4, -0.2) is 15.9 Å². The maximum atomic E-state index is 14.4. The van der Waals surface area contributed by atoms with Gasteiger partial charge in [-0.3, -0.25) is 4.79 Å². The van der Waals surface area contributed by atoms with E-state index in [1.807, 2.05) is 0 Å². The number of aromatic nitrogens is 2. The van der Waals surface area contributed by atoms with Crippen molar-refractivity contribution in [3.63, 3.8) is 0 Å². The van der Waals surface area contributed by atoms with Gasteiger partial charge in [0, 0.05) is 14.9 Å². The Balaban J connectivity index is 1.47. The molecule has 6 nitrogen and oxygen atoms in total. The van der Waals surface area contributed by atoms with Crippen molar-refractivity contribution >= 4 is 55.6 Å². The van der Waals surface area contributed by atoms with Crippen LogP contribution in [0.2, 0.25) is 5.02 Å². The Bertz CT molecular complexity index is 1870. The van der Waals surface area contributed by atoms with E-state index in [9.17, 15) is 9.18 Å². The van der Waals surface area contributed by atoms with E-state index in [0.29, 0.717) is 48.8 Å². The van der Waals surface area contributed by atoms with Gasteiger partial charge in [-0.15, -0.1) is 0 Å². The quantitative estimate of drug-likeness (QED) is 0.209. The molecule has 0 unspecified atom stereocenters. The van der Waals surface area contributed by atoms with Crippen LogP contribution >= 0.6 is 27.5 Å². The summed E-state index contributed by atoms with van der Waals surface area (Å²) >= 11 is 9.36. The Labute approximate surface area is 216 Å². The number of para-hydroxylation sites is 1. The van der Waals surface area contributed by atoms with Gasteiger partial charge in [-0.25, -0.2) is 9.37 Å². The van der Waals surface area contributed by atoms with E-state index >= 15 is 0 Å². The third-order valence-electron chi connectivity index (χ3n) is 5.58. The lowest BCUT2D eigenvalue weighted by Gasteiger charge is -2.06. The minimum Gasteiger partial charge on any atom is -0.455 e. The molecule has 0 N–H and O–H groups in total. The van der Waals surface area contributed by atoms with Crippen LogP contribution in [0.5, 0.6) is 0 Å². The molecular weight excluding hydrogens is 549 g/mol.